The third-order valence-corrected chi connectivity index (χ3v) is 3.98. The van der Waals surface area contributed by atoms with Crippen LogP contribution in [0.5, 0.6) is 11.5 Å². The maximum Gasteiger partial charge on any atom is 0.338 e. The number of carbonyl (C=O) groups excluding carboxylic acids is 1. The van der Waals surface area contributed by atoms with Gasteiger partial charge in [0.25, 0.3) is 0 Å². The van der Waals surface area contributed by atoms with E-state index in [4.69, 9.17) is 14.3 Å². The Kier molecular flexibility index (Phi) is 3.80. The minimum Gasteiger partial charge on any atom is -0.454 e. The molecule has 0 fully saturated rings. The first-order valence-corrected chi connectivity index (χ1v) is 8.12. The molecule has 0 saturated heterocycles. The van der Waals surface area contributed by atoms with Gasteiger partial charge in [0.1, 0.15) is 0 Å². The number of anilines is 1. The number of benzene rings is 2. The number of fused-ring (bicyclic) bond motifs is 1. The zero-order valence-electron chi connectivity index (χ0n) is 14.4. The molecular weight excluding hydrogens is 336 g/mol. The second-order valence-electron chi connectivity index (χ2n) is 6.29. The van der Waals surface area contributed by atoms with Crippen LogP contribution < -0.4 is 20.2 Å². The van der Waals surface area contributed by atoms with Crippen LogP contribution in [-0.4, -0.2) is 29.4 Å². The molecule has 0 spiro atoms. The van der Waals surface area contributed by atoms with E-state index in [1.165, 1.54) is 0 Å². The lowest BCUT2D eigenvalue weighted by atomic mass is 10.1. The predicted molar refractivity (Wildman–Crippen MR) is 94.7 cm³/mol. The second-order valence-corrected chi connectivity index (χ2v) is 6.29. The van der Waals surface area contributed by atoms with E-state index in [0.29, 0.717) is 23.0 Å². The number of rotatable bonds is 3. The quantitative estimate of drug-likeness (QED) is 0.885. The van der Waals surface area contributed by atoms with Gasteiger partial charge < -0.3 is 19.6 Å². The maximum atomic E-state index is 12.4. The Bertz CT molecular complexity index is 867. The molecule has 0 aromatic heterocycles. The number of para-hydroxylation sites is 1. The van der Waals surface area contributed by atoms with Crippen molar-refractivity contribution < 1.29 is 19.1 Å². The van der Waals surface area contributed by atoms with Gasteiger partial charge in [0.2, 0.25) is 12.5 Å². The van der Waals surface area contributed by atoms with Crippen molar-refractivity contribution in [2.75, 3.05) is 12.1 Å². The first kappa shape index (κ1) is 16.1. The molecule has 0 unspecified atom stereocenters. The Hall–Kier alpha value is -3.42. The van der Waals surface area contributed by atoms with Crippen molar-refractivity contribution in [1.29, 1.82) is 0 Å². The number of hydrogen-bond acceptors (Lipinski definition) is 6. The highest BCUT2D eigenvalue weighted by atomic mass is 16.7. The molecule has 2 aromatic carbocycles. The Morgan fingerprint density at radius 2 is 1.88 bits per heavy atom. The van der Waals surface area contributed by atoms with Crippen LogP contribution in [0.1, 0.15) is 19.4 Å². The normalized spacial score (nSPS) is 16.7. The fraction of sp³-hybridized carbons (Fsp3) is 0.222. The monoisotopic (exact) mass is 354 g/mol. The molecule has 2 N–H and O–H groups in total. The lowest BCUT2D eigenvalue weighted by Crippen LogP contribution is -2.55. The molecule has 0 saturated carbocycles. The highest BCUT2D eigenvalue weighted by Crippen LogP contribution is 2.34. The SMILES string of the molecule is CC1(C)ON=C(c2ccc3c(c2)OCO3)N1NC(=O)Nc1ccccc1. The highest BCUT2D eigenvalue weighted by molar-refractivity contribution is 6.01. The zero-order chi connectivity index (χ0) is 18.1. The number of nitrogens with zero attached hydrogens (tertiary/aromatic N) is 2. The molecule has 0 atom stereocenters. The van der Waals surface area contributed by atoms with Gasteiger partial charge in [-0.15, -0.1) is 0 Å². The molecule has 2 aliphatic rings. The van der Waals surface area contributed by atoms with E-state index in [-0.39, 0.29) is 6.79 Å². The molecule has 0 aliphatic carbocycles. The van der Waals surface area contributed by atoms with E-state index in [1.807, 2.05) is 24.3 Å². The fourth-order valence-corrected chi connectivity index (χ4v) is 2.68. The van der Waals surface area contributed by atoms with Gasteiger partial charge in [0.15, 0.2) is 17.3 Å². The van der Waals surface area contributed by atoms with Crippen molar-refractivity contribution in [1.82, 2.24) is 10.4 Å². The van der Waals surface area contributed by atoms with Crippen LogP contribution in [0.2, 0.25) is 0 Å². The molecule has 0 bridgehead atoms. The minimum atomic E-state index is -0.847. The first-order valence-electron chi connectivity index (χ1n) is 8.12. The van der Waals surface area contributed by atoms with Crippen LogP contribution in [0.3, 0.4) is 0 Å². The molecule has 8 nitrogen and oxygen atoms in total. The molecule has 26 heavy (non-hydrogen) atoms. The lowest BCUT2D eigenvalue weighted by Gasteiger charge is -2.31. The van der Waals surface area contributed by atoms with Crippen molar-refractivity contribution in [3.8, 4) is 11.5 Å². The minimum absolute atomic E-state index is 0.189. The number of hydrazine groups is 1. The Morgan fingerprint density at radius 3 is 2.69 bits per heavy atom. The van der Waals surface area contributed by atoms with E-state index in [0.717, 1.165) is 5.56 Å². The number of nitrogens with one attached hydrogen (secondary N) is 2. The summed E-state index contributed by atoms with van der Waals surface area (Å²) in [5.74, 6) is 1.77. The van der Waals surface area contributed by atoms with Crippen molar-refractivity contribution in [2.24, 2.45) is 5.16 Å². The van der Waals surface area contributed by atoms with Crippen LogP contribution in [0.4, 0.5) is 10.5 Å². The number of hydrogen-bond donors (Lipinski definition) is 2. The number of urea groups is 1. The molecule has 0 radical (unpaired) electrons. The highest BCUT2D eigenvalue weighted by Gasteiger charge is 2.40. The van der Waals surface area contributed by atoms with Crippen LogP contribution >= 0.6 is 0 Å². The lowest BCUT2D eigenvalue weighted by molar-refractivity contribution is -0.0805. The Labute approximate surface area is 150 Å². The third-order valence-electron chi connectivity index (χ3n) is 3.98. The van der Waals surface area contributed by atoms with Gasteiger partial charge in [0, 0.05) is 11.3 Å². The summed E-state index contributed by atoms with van der Waals surface area (Å²) in [7, 11) is 0. The van der Waals surface area contributed by atoms with Crippen LogP contribution in [0, 0.1) is 0 Å². The molecule has 2 heterocycles. The third kappa shape index (κ3) is 2.97. The van der Waals surface area contributed by atoms with Crippen LogP contribution in [-0.2, 0) is 4.84 Å². The van der Waals surface area contributed by atoms with E-state index in [9.17, 15) is 4.79 Å². The van der Waals surface area contributed by atoms with Gasteiger partial charge in [-0.25, -0.2) is 15.2 Å². The van der Waals surface area contributed by atoms with Gasteiger partial charge in [-0.1, -0.05) is 23.4 Å². The molecule has 8 heteroatoms. The van der Waals surface area contributed by atoms with Crippen molar-refractivity contribution in [3.05, 3.63) is 54.1 Å². The summed E-state index contributed by atoms with van der Waals surface area (Å²) in [4.78, 5) is 17.9. The maximum absolute atomic E-state index is 12.4. The summed E-state index contributed by atoms with van der Waals surface area (Å²) in [6, 6.07) is 14.2. The Morgan fingerprint density at radius 1 is 1.12 bits per heavy atom. The van der Waals surface area contributed by atoms with Gasteiger partial charge in [-0.05, 0) is 44.2 Å². The van der Waals surface area contributed by atoms with Gasteiger partial charge >= 0.3 is 6.03 Å². The average molecular weight is 354 g/mol. The van der Waals surface area contributed by atoms with Crippen LogP contribution in [0.15, 0.2) is 53.7 Å². The summed E-state index contributed by atoms with van der Waals surface area (Å²) in [6.07, 6.45) is 0. The molecule has 2 aromatic rings. The molecule has 4 rings (SSSR count). The largest absolute Gasteiger partial charge is 0.454 e. The summed E-state index contributed by atoms with van der Waals surface area (Å²) < 4.78 is 10.7. The molecular formula is C18H18N4O4. The molecule has 134 valence electrons. The fourth-order valence-electron chi connectivity index (χ4n) is 2.68. The number of amidine groups is 1. The van der Waals surface area contributed by atoms with Crippen molar-refractivity contribution in [2.45, 2.75) is 19.6 Å². The van der Waals surface area contributed by atoms with E-state index in [1.54, 1.807) is 43.1 Å². The summed E-state index contributed by atoms with van der Waals surface area (Å²) >= 11 is 0. The van der Waals surface area contributed by atoms with Gasteiger partial charge in [-0.3, -0.25) is 0 Å². The van der Waals surface area contributed by atoms with E-state index in [2.05, 4.69) is 15.9 Å². The van der Waals surface area contributed by atoms with Crippen molar-refractivity contribution in [3.63, 3.8) is 0 Å². The molecule has 2 aliphatic heterocycles. The average Bonchev–Trinajstić information content (AvgIpc) is 3.20. The topological polar surface area (TPSA) is 84.4 Å². The van der Waals surface area contributed by atoms with Gasteiger partial charge in [-0.2, -0.15) is 0 Å². The summed E-state index contributed by atoms with van der Waals surface area (Å²) in [5.41, 5.74) is 3.36. The van der Waals surface area contributed by atoms with Crippen molar-refractivity contribution >= 4 is 17.6 Å². The number of carbonyl (C=O) groups is 1. The first-order chi connectivity index (χ1) is 12.5. The van der Waals surface area contributed by atoms with Crippen LogP contribution in [0.25, 0.3) is 0 Å². The van der Waals surface area contributed by atoms with E-state index >= 15 is 0 Å². The van der Waals surface area contributed by atoms with Gasteiger partial charge in [0.05, 0.1) is 0 Å². The number of amides is 2. The van der Waals surface area contributed by atoms with E-state index < -0.39 is 11.8 Å². The predicted octanol–water partition coefficient (Wildman–Crippen LogP) is 2.88. The smallest absolute Gasteiger partial charge is 0.338 e. The standard InChI is InChI=1S/C18H18N4O4/c1-18(2)22(20-17(23)19-13-6-4-3-5-7-13)16(21-26-18)12-8-9-14-15(10-12)25-11-24-14/h3-10H,11H2,1-2H3,(H2,19,20,23). The second kappa shape index (κ2) is 6.14. The number of ether oxygens (including phenoxy) is 2. The zero-order valence-corrected chi connectivity index (χ0v) is 14.4. The summed E-state index contributed by atoms with van der Waals surface area (Å²) in [5, 5.41) is 8.47. The molecule has 2 amide bonds. The number of oxime groups is 1. The summed E-state index contributed by atoms with van der Waals surface area (Å²) in [6.45, 7) is 3.80. The Balaban J connectivity index is 1.54.